The zero-order valence-corrected chi connectivity index (χ0v) is 12.6. The standard InChI is InChI=1S/C14H21ClN2O2/c1-5-8-14(2,16)13(18)17(3)10-6-7-12(19-4)11(15)9-10/h6-7,9H,5,8,16H2,1-4H3. The van der Waals surface area contributed by atoms with Gasteiger partial charge in [-0.15, -0.1) is 0 Å². The van der Waals surface area contributed by atoms with Gasteiger partial charge in [0.05, 0.1) is 17.7 Å². The third-order valence-corrected chi connectivity index (χ3v) is 3.38. The first-order chi connectivity index (χ1) is 8.83. The number of hydrogen-bond donors (Lipinski definition) is 1. The van der Waals surface area contributed by atoms with E-state index in [0.717, 1.165) is 6.42 Å². The number of nitrogens with two attached hydrogens (primary N) is 1. The summed E-state index contributed by atoms with van der Waals surface area (Å²) in [7, 11) is 3.25. The molecule has 0 saturated carbocycles. The molecular weight excluding hydrogens is 264 g/mol. The molecule has 0 spiro atoms. The van der Waals surface area contributed by atoms with Gasteiger partial charge in [-0.05, 0) is 31.5 Å². The summed E-state index contributed by atoms with van der Waals surface area (Å²) in [4.78, 5) is 13.9. The molecule has 1 aromatic rings. The molecule has 0 heterocycles. The molecule has 5 heteroatoms. The maximum Gasteiger partial charge on any atom is 0.246 e. The number of carbonyl (C=O) groups is 1. The number of ether oxygens (including phenoxy) is 1. The van der Waals surface area contributed by atoms with Crippen molar-refractivity contribution in [2.24, 2.45) is 5.73 Å². The molecule has 1 aromatic carbocycles. The van der Waals surface area contributed by atoms with Crippen LogP contribution in [0.15, 0.2) is 18.2 Å². The number of halogens is 1. The van der Waals surface area contributed by atoms with Gasteiger partial charge in [0.15, 0.2) is 0 Å². The highest BCUT2D eigenvalue weighted by Crippen LogP contribution is 2.29. The Balaban J connectivity index is 2.97. The van der Waals surface area contributed by atoms with Gasteiger partial charge in [0.2, 0.25) is 5.91 Å². The van der Waals surface area contributed by atoms with Crippen LogP contribution in [0.1, 0.15) is 26.7 Å². The fourth-order valence-electron chi connectivity index (χ4n) is 1.99. The Labute approximate surface area is 119 Å². The summed E-state index contributed by atoms with van der Waals surface area (Å²) in [6.07, 6.45) is 1.50. The first-order valence-corrected chi connectivity index (χ1v) is 6.62. The molecule has 0 aliphatic carbocycles. The lowest BCUT2D eigenvalue weighted by molar-refractivity contribution is -0.123. The smallest absolute Gasteiger partial charge is 0.246 e. The minimum atomic E-state index is -0.865. The lowest BCUT2D eigenvalue weighted by Gasteiger charge is -2.29. The highest BCUT2D eigenvalue weighted by Gasteiger charge is 2.30. The number of carbonyl (C=O) groups excluding carboxylic acids is 1. The van der Waals surface area contributed by atoms with Crippen LogP contribution >= 0.6 is 11.6 Å². The molecule has 0 aliphatic heterocycles. The first-order valence-electron chi connectivity index (χ1n) is 6.24. The highest BCUT2D eigenvalue weighted by atomic mass is 35.5. The molecule has 4 nitrogen and oxygen atoms in total. The quantitative estimate of drug-likeness (QED) is 0.904. The normalized spacial score (nSPS) is 13.8. The summed E-state index contributed by atoms with van der Waals surface area (Å²) in [5.74, 6) is 0.450. The van der Waals surface area contributed by atoms with Crippen molar-refractivity contribution < 1.29 is 9.53 Å². The summed E-state index contributed by atoms with van der Waals surface area (Å²) in [6, 6.07) is 5.21. The van der Waals surface area contributed by atoms with E-state index in [0.29, 0.717) is 22.9 Å². The number of amides is 1. The first kappa shape index (κ1) is 15.8. The van der Waals surface area contributed by atoms with Crippen molar-refractivity contribution in [2.75, 3.05) is 19.1 Å². The third-order valence-electron chi connectivity index (χ3n) is 3.09. The molecule has 0 aliphatic rings. The maximum absolute atomic E-state index is 12.3. The van der Waals surface area contributed by atoms with E-state index in [1.54, 1.807) is 39.3 Å². The monoisotopic (exact) mass is 284 g/mol. The molecule has 1 unspecified atom stereocenters. The van der Waals surface area contributed by atoms with Crippen molar-refractivity contribution in [3.8, 4) is 5.75 Å². The van der Waals surface area contributed by atoms with E-state index < -0.39 is 5.54 Å². The predicted octanol–water partition coefficient (Wildman–Crippen LogP) is 2.83. The number of hydrogen-bond acceptors (Lipinski definition) is 3. The predicted molar refractivity (Wildman–Crippen MR) is 78.9 cm³/mol. The Morgan fingerprint density at radius 2 is 2.16 bits per heavy atom. The second-order valence-electron chi connectivity index (χ2n) is 4.85. The second-order valence-corrected chi connectivity index (χ2v) is 5.26. The number of rotatable bonds is 5. The van der Waals surface area contributed by atoms with E-state index in [1.165, 1.54) is 4.90 Å². The fraction of sp³-hybridized carbons (Fsp3) is 0.500. The molecule has 2 N–H and O–H groups in total. The van der Waals surface area contributed by atoms with Gasteiger partial charge in [0.1, 0.15) is 5.75 Å². The fourth-order valence-corrected chi connectivity index (χ4v) is 2.24. The van der Waals surface area contributed by atoms with Crippen LogP contribution in [0.3, 0.4) is 0 Å². The van der Waals surface area contributed by atoms with Crippen LogP contribution in [-0.4, -0.2) is 25.6 Å². The minimum absolute atomic E-state index is 0.129. The highest BCUT2D eigenvalue weighted by molar-refractivity contribution is 6.32. The van der Waals surface area contributed by atoms with Crippen molar-refractivity contribution >= 4 is 23.2 Å². The van der Waals surface area contributed by atoms with Crippen LogP contribution in [-0.2, 0) is 4.79 Å². The number of likely N-dealkylation sites (N-methyl/N-ethyl adjacent to an activating group) is 1. The molecule has 0 saturated heterocycles. The van der Waals surface area contributed by atoms with Crippen LogP contribution < -0.4 is 15.4 Å². The molecule has 1 rings (SSSR count). The topological polar surface area (TPSA) is 55.6 Å². The average molecular weight is 285 g/mol. The number of benzene rings is 1. The van der Waals surface area contributed by atoms with Gasteiger partial charge in [-0.25, -0.2) is 0 Å². The van der Waals surface area contributed by atoms with Gasteiger partial charge < -0.3 is 15.4 Å². The summed E-state index contributed by atoms with van der Waals surface area (Å²) < 4.78 is 5.09. The van der Waals surface area contributed by atoms with E-state index in [1.807, 2.05) is 6.92 Å². The molecule has 1 amide bonds. The summed E-state index contributed by atoms with van der Waals surface area (Å²) >= 11 is 6.06. The lowest BCUT2D eigenvalue weighted by Crippen LogP contribution is -2.52. The lowest BCUT2D eigenvalue weighted by atomic mass is 9.95. The van der Waals surface area contributed by atoms with E-state index in [9.17, 15) is 4.79 Å². The molecule has 0 bridgehead atoms. The molecule has 0 aromatic heterocycles. The molecule has 0 fully saturated rings. The summed E-state index contributed by atoms with van der Waals surface area (Å²) in [5, 5.41) is 0.467. The molecule has 1 atom stereocenters. The Morgan fingerprint density at radius 3 is 2.63 bits per heavy atom. The molecule has 106 valence electrons. The van der Waals surface area contributed by atoms with Crippen LogP contribution in [0.2, 0.25) is 5.02 Å². The zero-order chi connectivity index (χ0) is 14.6. The zero-order valence-electron chi connectivity index (χ0n) is 11.9. The second kappa shape index (κ2) is 6.26. The Kier molecular flexibility index (Phi) is 5.20. The van der Waals surface area contributed by atoms with Gasteiger partial charge >= 0.3 is 0 Å². The van der Waals surface area contributed by atoms with Crippen molar-refractivity contribution in [2.45, 2.75) is 32.2 Å². The molecule has 19 heavy (non-hydrogen) atoms. The van der Waals surface area contributed by atoms with Crippen molar-refractivity contribution in [3.63, 3.8) is 0 Å². The van der Waals surface area contributed by atoms with E-state index in [-0.39, 0.29) is 5.91 Å². The number of nitrogens with zero attached hydrogens (tertiary/aromatic N) is 1. The number of anilines is 1. The average Bonchev–Trinajstić information content (AvgIpc) is 2.36. The van der Waals surface area contributed by atoms with Gasteiger partial charge in [-0.1, -0.05) is 24.9 Å². The third kappa shape index (κ3) is 3.61. The Bertz CT molecular complexity index is 461. The van der Waals surface area contributed by atoms with Gasteiger partial charge in [-0.2, -0.15) is 0 Å². The largest absolute Gasteiger partial charge is 0.495 e. The molecule has 0 radical (unpaired) electrons. The van der Waals surface area contributed by atoms with Crippen LogP contribution in [0.25, 0.3) is 0 Å². The summed E-state index contributed by atoms with van der Waals surface area (Å²) in [5.41, 5.74) is 5.89. The minimum Gasteiger partial charge on any atom is -0.495 e. The maximum atomic E-state index is 12.3. The van der Waals surface area contributed by atoms with Crippen molar-refractivity contribution in [3.05, 3.63) is 23.2 Å². The summed E-state index contributed by atoms with van der Waals surface area (Å²) in [6.45, 7) is 3.75. The van der Waals surface area contributed by atoms with Crippen LogP contribution in [0.4, 0.5) is 5.69 Å². The van der Waals surface area contributed by atoms with E-state index in [4.69, 9.17) is 22.1 Å². The van der Waals surface area contributed by atoms with Crippen molar-refractivity contribution in [1.29, 1.82) is 0 Å². The van der Waals surface area contributed by atoms with Gasteiger partial charge in [-0.3, -0.25) is 4.79 Å². The Hall–Kier alpha value is -1.26. The van der Waals surface area contributed by atoms with E-state index >= 15 is 0 Å². The SMILES string of the molecule is CCCC(C)(N)C(=O)N(C)c1ccc(OC)c(Cl)c1. The van der Waals surface area contributed by atoms with Gasteiger partial charge in [0, 0.05) is 12.7 Å². The molecular formula is C14H21ClN2O2. The van der Waals surface area contributed by atoms with Gasteiger partial charge in [0.25, 0.3) is 0 Å². The Morgan fingerprint density at radius 1 is 1.53 bits per heavy atom. The van der Waals surface area contributed by atoms with Crippen LogP contribution in [0, 0.1) is 0 Å². The van der Waals surface area contributed by atoms with E-state index in [2.05, 4.69) is 0 Å². The van der Waals surface area contributed by atoms with Crippen molar-refractivity contribution in [1.82, 2.24) is 0 Å². The number of methoxy groups -OCH3 is 1. The van der Waals surface area contributed by atoms with Crippen LogP contribution in [0.5, 0.6) is 5.75 Å².